The topological polar surface area (TPSA) is 167 Å². The normalized spacial score (nSPS) is 20.9. The summed E-state index contributed by atoms with van der Waals surface area (Å²) in [7, 11) is 0. The molecule has 1 saturated carbocycles. The van der Waals surface area contributed by atoms with Crippen LogP contribution in [0.25, 0.3) is 0 Å². The van der Waals surface area contributed by atoms with Crippen LogP contribution >= 0.6 is 0 Å². The summed E-state index contributed by atoms with van der Waals surface area (Å²) in [6.45, 7) is 2.04. The molecule has 2 aromatic rings. The molecule has 10 heteroatoms. The summed E-state index contributed by atoms with van der Waals surface area (Å²) in [5.74, 6) is -1.16. The zero-order chi connectivity index (χ0) is 23.5. The van der Waals surface area contributed by atoms with Crippen LogP contribution in [0.15, 0.2) is 32.7 Å². The van der Waals surface area contributed by atoms with Crippen molar-refractivity contribution in [1.29, 1.82) is 5.41 Å². The van der Waals surface area contributed by atoms with Gasteiger partial charge in [-0.25, -0.2) is 4.79 Å². The van der Waals surface area contributed by atoms with Crippen molar-refractivity contribution < 1.29 is 10.2 Å². The van der Waals surface area contributed by atoms with E-state index in [0.29, 0.717) is 44.1 Å². The first-order valence-corrected chi connectivity index (χ1v) is 10.9. The molecule has 0 bridgehead atoms. The van der Waals surface area contributed by atoms with Crippen LogP contribution in [-0.2, 0) is 13.0 Å². The summed E-state index contributed by atoms with van der Waals surface area (Å²) in [5.41, 5.74) is 3.68. The lowest BCUT2D eigenvalue weighted by Gasteiger charge is -2.39. The Labute approximate surface area is 184 Å². The highest BCUT2D eigenvalue weighted by atomic mass is 16.3. The highest BCUT2D eigenvalue weighted by Crippen LogP contribution is 2.42. The second-order valence-corrected chi connectivity index (χ2v) is 8.67. The van der Waals surface area contributed by atoms with Gasteiger partial charge in [0.2, 0.25) is 5.88 Å². The van der Waals surface area contributed by atoms with Crippen molar-refractivity contribution in [3.05, 3.63) is 60.6 Å². The maximum atomic E-state index is 13.1. The van der Waals surface area contributed by atoms with E-state index in [1.54, 1.807) is 18.3 Å². The molecular formula is C22H31N5O5. The Morgan fingerprint density at radius 3 is 2.56 bits per heavy atom. The van der Waals surface area contributed by atoms with E-state index in [4.69, 9.17) is 11.1 Å². The molecule has 32 heavy (non-hydrogen) atoms. The minimum absolute atomic E-state index is 0.113. The molecule has 1 fully saturated rings. The molecule has 0 saturated heterocycles. The van der Waals surface area contributed by atoms with E-state index in [1.807, 2.05) is 6.92 Å². The molecular weight excluding hydrogens is 414 g/mol. The number of aromatic hydroxyl groups is 1. The number of H-pyrrole nitrogens is 1. The second kappa shape index (κ2) is 9.56. The largest absolute Gasteiger partial charge is 0.494 e. The summed E-state index contributed by atoms with van der Waals surface area (Å²) in [6, 6.07) is 3.03. The van der Waals surface area contributed by atoms with Gasteiger partial charge in [0, 0.05) is 31.0 Å². The van der Waals surface area contributed by atoms with Crippen LogP contribution in [0.5, 0.6) is 5.88 Å². The Morgan fingerprint density at radius 1 is 1.31 bits per heavy atom. The zero-order valence-electron chi connectivity index (χ0n) is 18.3. The summed E-state index contributed by atoms with van der Waals surface area (Å²) < 4.78 is 2.21. The van der Waals surface area contributed by atoms with Crippen molar-refractivity contribution in [1.82, 2.24) is 14.1 Å². The first-order valence-electron chi connectivity index (χ1n) is 10.9. The molecule has 1 aliphatic rings. The van der Waals surface area contributed by atoms with Crippen LogP contribution in [0.1, 0.15) is 62.6 Å². The molecule has 0 atom stereocenters. The van der Waals surface area contributed by atoms with Crippen LogP contribution in [0.4, 0.5) is 0 Å². The Hall–Kier alpha value is -3.14. The maximum absolute atomic E-state index is 13.1. The minimum atomic E-state index is -0.770. The number of pyridine rings is 1. The van der Waals surface area contributed by atoms with E-state index in [1.165, 1.54) is 0 Å². The molecule has 0 amide bonds. The fourth-order valence-corrected chi connectivity index (χ4v) is 4.60. The standard InChI is InChI=1S/C22H31N5O5/c1-2-3-11-26-19(30)16(17(23)24)20(31)27(21(26)32)15-6-8-22(13-28,9-7-15)12-14-5-4-10-25-18(14)29/h4-5,10,15,28,30H,2-3,6-9,11-13H2,1H3,(H3,23,24)(H,25,29). The van der Waals surface area contributed by atoms with Crippen LogP contribution in [0.2, 0.25) is 0 Å². The van der Waals surface area contributed by atoms with Gasteiger partial charge in [-0.15, -0.1) is 0 Å². The highest BCUT2D eigenvalue weighted by molar-refractivity contribution is 5.96. The van der Waals surface area contributed by atoms with Crippen molar-refractivity contribution in [2.45, 2.75) is 64.5 Å². The zero-order valence-corrected chi connectivity index (χ0v) is 18.3. The average molecular weight is 446 g/mol. The van der Waals surface area contributed by atoms with E-state index in [-0.39, 0.29) is 24.3 Å². The number of unbranched alkanes of at least 4 members (excludes halogenated alkanes) is 1. The van der Waals surface area contributed by atoms with Crippen molar-refractivity contribution in [2.75, 3.05) is 6.61 Å². The smallest absolute Gasteiger partial charge is 0.334 e. The van der Waals surface area contributed by atoms with Crippen LogP contribution in [0.3, 0.4) is 0 Å². The Bertz CT molecular complexity index is 1150. The Morgan fingerprint density at radius 2 is 2.00 bits per heavy atom. The molecule has 0 unspecified atom stereocenters. The van der Waals surface area contributed by atoms with E-state index in [2.05, 4.69) is 4.98 Å². The fourth-order valence-electron chi connectivity index (χ4n) is 4.60. The highest BCUT2D eigenvalue weighted by Gasteiger charge is 2.37. The number of rotatable bonds is 8. The number of hydrogen-bond donors (Lipinski definition) is 5. The SMILES string of the molecule is CCCCn1c(O)c(C(=N)N)c(=O)n(C2CCC(CO)(Cc3ccc[nH]c3=O)CC2)c1=O. The van der Waals surface area contributed by atoms with Crippen molar-refractivity contribution >= 4 is 5.84 Å². The van der Waals surface area contributed by atoms with Gasteiger partial charge in [0.1, 0.15) is 11.4 Å². The summed E-state index contributed by atoms with van der Waals surface area (Å²) in [5, 5.41) is 28.3. The summed E-state index contributed by atoms with van der Waals surface area (Å²) >= 11 is 0. The lowest BCUT2D eigenvalue weighted by molar-refractivity contribution is 0.0641. The molecule has 2 heterocycles. The molecule has 0 aromatic carbocycles. The molecule has 1 aliphatic carbocycles. The number of nitrogens with zero attached hydrogens (tertiary/aromatic N) is 2. The summed E-state index contributed by atoms with van der Waals surface area (Å²) in [4.78, 5) is 40.9. The van der Waals surface area contributed by atoms with Gasteiger partial charge in [-0.1, -0.05) is 19.4 Å². The van der Waals surface area contributed by atoms with Gasteiger partial charge in [-0.2, -0.15) is 0 Å². The van der Waals surface area contributed by atoms with Gasteiger partial charge in [0.05, 0.1) is 0 Å². The van der Waals surface area contributed by atoms with Crippen molar-refractivity contribution in [3.63, 3.8) is 0 Å². The lowest BCUT2D eigenvalue weighted by Crippen LogP contribution is -2.47. The Balaban J connectivity index is 1.95. The lowest BCUT2D eigenvalue weighted by atomic mass is 9.69. The van der Waals surface area contributed by atoms with Crippen molar-refractivity contribution in [2.24, 2.45) is 11.1 Å². The Kier molecular flexibility index (Phi) is 7.02. The van der Waals surface area contributed by atoms with Gasteiger partial charge in [-0.05, 0) is 50.0 Å². The fraction of sp³-hybridized carbons (Fsp3) is 0.545. The summed E-state index contributed by atoms with van der Waals surface area (Å²) in [6.07, 6.45) is 5.26. The number of aliphatic hydroxyl groups is 1. The number of hydrogen-bond acceptors (Lipinski definition) is 6. The number of nitrogen functional groups attached to an aromatic ring is 1. The van der Waals surface area contributed by atoms with Crippen LogP contribution < -0.4 is 22.5 Å². The van der Waals surface area contributed by atoms with E-state index in [9.17, 15) is 24.6 Å². The van der Waals surface area contributed by atoms with Crippen LogP contribution in [0, 0.1) is 10.8 Å². The number of nitrogens with one attached hydrogen (secondary N) is 2. The predicted molar refractivity (Wildman–Crippen MR) is 120 cm³/mol. The monoisotopic (exact) mass is 445 g/mol. The first-order chi connectivity index (χ1) is 15.2. The number of nitrogens with two attached hydrogens (primary N) is 1. The average Bonchev–Trinajstić information content (AvgIpc) is 2.76. The second-order valence-electron chi connectivity index (χ2n) is 8.67. The third-order valence-corrected chi connectivity index (χ3v) is 6.54. The van der Waals surface area contributed by atoms with E-state index in [0.717, 1.165) is 15.6 Å². The predicted octanol–water partition coefficient (Wildman–Crippen LogP) is 0.825. The van der Waals surface area contributed by atoms with Gasteiger partial charge in [-0.3, -0.25) is 24.1 Å². The molecule has 0 aliphatic heterocycles. The number of amidine groups is 1. The molecule has 174 valence electrons. The number of aromatic nitrogens is 3. The molecule has 0 radical (unpaired) electrons. The van der Waals surface area contributed by atoms with E-state index < -0.39 is 34.4 Å². The first kappa shape index (κ1) is 23.5. The molecule has 6 N–H and O–H groups in total. The van der Waals surface area contributed by atoms with Gasteiger partial charge < -0.3 is 20.9 Å². The molecule has 2 aromatic heterocycles. The maximum Gasteiger partial charge on any atom is 0.334 e. The number of aromatic amines is 1. The quantitative estimate of drug-likeness (QED) is 0.298. The van der Waals surface area contributed by atoms with Crippen molar-refractivity contribution in [3.8, 4) is 5.88 Å². The molecule has 10 nitrogen and oxygen atoms in total. The molecule has 3 rings (SSSR count). The van der Waals surface area contributed by atoms with Gasteiger partial charge >= 0.3 is 5.69 Å². The minimum Gasteiger partial charge on any atom is -0.494 e. The van der Waals surface area contributed by atoms with Gasteiger partial charge in [0.25, 0.3) is 11.1 Å². The van der Waals surface area contributed by atoms with Crippen LogP contribution in [-0.4, -0.2) is 36.8 Å². The third-order valence-electron chi connectivity index (χ3n) is 6.54. The van der Waals surface area contributed by atoms with E-state index >= 15 is 0 Å². The van der Waals surface area contributed by atoms with Gasteiger partial charge in [0.15, 0.2) is 0 Å². The third kappa shape index (κ3) is 4.40. The number of aliphatic hydroxyl groups excluding tert-OH is 1. The molecule has 0 spiro atoms.